The number of carboxylic acids is 1. The summed E-state index contributed by atoms with van der Waals surface area (Å²) in [7, 11) is 0. The van der Waals surface area contributed by atoms with Crippen LogP contribution in [0.5, 0.6) is 5.75 Å². The predicted octanol–water partition coefficient (Wildman–Crippen LogP) is 4.91. The Hall–Kier alpha value is -1.82. The number of hydrogen-bond donors (Lipinski definition) is 2. The zero-order valence-electron chi connectivity index (χ0n) is 14.4. The van der Waals surface area contributed by atoms with Gasteiger partial charge in [-0.05, 0) is 36.2 Å². The van der Waals surface area contributed by atoms with Crippen LogP contribution in [0.25, 0.3) is 0 Å². The van der Waals surface area contributed by atoms with E-state index >= 15 is 0 Å². The van der Waals surface area contributed by atoms with Crippen molar-refractivity contribution in [1.82, 2.24) is 5.32 Å². The fraction of sp³-hybridized carbons (Fsp3) is 0.316. The van der Waals surface area contributed by atoms with Crippen LogP contribution in [-0.4, -0.2) is 17.1 Å². The Morgan fingerprint density at radius 2 is 2.00 bits per heavy atom. The van der Waals surface area contributed by atoms with E-state index in [1.54, 1.807) is 24.3 Å². The van der Waals surface area contributed by atoms with Gasteiger partial charge in [0.2, 0.25) is 0 Å². The van der Waals surface area contributed by atoms with Crippen molar-refractivity contribution in [3.05, 3.63) is 63.4 Å². The molecule has 2 N–H and O–H groups in total. The maximum atomic E-state index is 13.9. The van der Waals surface area contributed by atoms with Crippen molar-refractivity contribution in [2.24, 2.45) is 5.92 Å². The molecule has 0 aliphatic rings. The largest absolute Gasteiger partial charge is 0.488 e. The second kappa shape index (κ2) is 9.21. The Bertz CT molecular complexity index is 763. The molecule has 1 atom stereocenters. The lowest BCUT2D eigenvalue weighted by Crippen LogP contribution is -2.40. The van der Waals surface area contributed by atoms with E-state index in [2.05, 4.69) is 5.32 Å². The smallest absolute Gasteiger partial charge is 0.320 e. The summed E-state index contributed by atoms with van der Waals surface area (Å²) in [6.07, 6.45) is 0. The number of ether oxygens (including phenoxy) is 1. The molecule has 2 aromatic carbocycles. The molecule has 2 aromatic rings. The first-order valence-electron chi connectivity index (χ1n) is 8.10. The number of aliphatic carboxylic acids is 1. The van der Waals surface area contributed by atoms with E-state index < -0.39 is 17.8 Å². The van der Waals surface area contributed by atoms with Crippen LogP contribution in [0.4, 0.5) is 4.39 Å². The molecule has 0 aromatic heterocycles. The third-order valence-electron chi connectivity index (χ3n) is 3.90. The van der Waals surface area contributed by atoms with Crippen LogP contribution in [0.2, 0.25) is 10.0 Å². The SMILES string of the molecule is CC(C)C(NCc1cc(Cl)ccc1OCc1c(F)cccc1Cl)C(=O)O. The normalized spacial score (nSPS) is 12.2. The van der Waals surface area contributed by atoms with Crippen molar-refractivity contribution in [2.45, 2.75) is 33.0 Å². The molecule has 26 heavy (non-hydrogen) atoms. The van der Waals surface area contributed by atoms with E-state index in [-0.39, 0.29) is 29.7 Å². The Labute approximate surface area is 161 Å². The van der Waals surface area contributed by atoms with E-state index in [1.807, 2.05) is 13.8 Å². The van der Waals surface area contributed by atoms with Crippen molar-refractivity contribution < 1.29 is 19.0 Å². The third kappa shape index (κ3) is 5.34. The quantitative estimate of drug-likeness (QED) is 0.661. The highest BCUT2D eigenvalue weighted by Crippen LogP contribution is 2.26. The van der Waals surface area contributed by atoms with E-state index in [0.717, 1.165) is 0 Å². The zero-order valence-corrected chi connectivity index (χ0v) is 15.9. The molecule has 0 heterocycles. The van der Waals surface area contributed by atoms with Gasteiger partial charge in [0.25, 0.3) is 0 Å². The third-order valence-corrected chi connectivity index (χ3v) is 4.49. The molecule has 0 aliphatic carbocycles. The molecule has 1 unspecified atom stereocenters. The molecule has 2 rings (SSSR count). The maximum absolute atomic E-state index is 13.9. The van der Waals surface area contributed by atoms with Crippen molar-refractivity contribution >= 4 is 29.2 Å². The Morgan fingerprint density at radius 1 is 1.27 bits per heavy atom. The molecule has 0 saturated heterocycles. The van der Waals surface area contributed by atoms with Gasteiger partial charge in [-0.15, -0.1) is 0 Å². The lowest BCUT2D eigenvalue weighted by Gasteiger charge is -2.19. The summed E-state index contributed by atoms with van der Waals surface area (Å²) < 4.78 is 19.6. The fourth-order valence-corrected chi connectivity index (χ4v) is 2.89. The van der Waals surface area contributed by atoms with Gasteiger partial charge in [-0.1, -0.05) is 43.1 Å². The summed E-state index contributed by atoms with van der Waals surface area (Å²) in [6.45, 7) is 3.84. The van der Waals surface area contributed by atoms with Gasteiger partial charge in [-0.25, -0.2) is 4.39 Å². The lowest BCUT2D eigenvalue weighted by atomic mass is 10.0. The summed E-state index contributed by atoms with van der Waals surface area (Å²) in [5.74, 6) is -0.984. The number of benzene rings is 2. The van der Waals surface area contributed by atoms with Crippen LogP contribution >= 0.6 is 23.2 Å². The minimum absolute atomic E-state index is 0.0489. The summed E-state index contributed by atoms with van der Waals surface area (Å²) in [4.78, 5) is 11.3. The predicted molar refractivity (Wildman–Crippen MR) is 100 cm³/mol. The van der Waals surface area contributed by atoms with Gasteiger partial charge in [0.15, 0.2) is 0 Å². The molecule has 0 spiro atoms. The van der Waals surface area contributed by atoms with E-state index in [1.165, 1.54) is 12.1 Å². The average molecular weight is 400 g/mol. The van der Waals surface area contributed by atoms with E-state index in [4.69, 9.17) is 27.9 Å². The molecule has 4 nitrogen and oxygen atoms in total. The van der Waals surface area contributed by atoms with Gasteiger partial charge >= 0.3 is 5.97 Å². The molecule has 0 radical (unpaired) electrons. The molecular weight excluding hydrogens is 380 g/mol. The highest BCUT2D eigenvalue weighted by molar-refractivity contribution is 6.31. The molecule has 7 heteroatoms. The van der Waals surface area contributed by atoms with Crippen LogP contribution in [0.1, 0.15) is 25.0 Å². The Kier molecular flexibility index (Phi) is 7.26. The number of hydrogen-bond acceptors (Lipinski definition) is 3. The zero-order chi connectivity index (χ0) is 19.3. The van der Waals surface area contributed by atoms with Crippen LogP contribution in [-0.2, 0) is 17.9 Å². The number of halogens is 3. The van der Waals surface area contributed by atoms with Gasteiger partial charge in [0.1, 0.15) is 24.2 Å². The average Bonchev–Trinajstić information content (AvgIpc) is 2.55. The molecular formula is C19H20Cl2FNO3. The lowest BCUT2D eigenvalue weighted by molar-refractivity contribution is -0.140. The first-order chi connectivity index (χ1) is 12.3. The highest BCUT2D eigenvalue weighted by atomic mass is 35.5. The number of carboxylic acid groups (broad SMARTS) is 1. The van der Waals surface area contributed by atoms with E-state index in [0.29, 0.717) is 16.3 Å². The highest BCUT2D eigenvalue weighted by Gasteiger charge is 2.21. The molecule has 0 saturated carbocycles. The van der Waals surface area contributed by atoms with Crippen LogP contribution in [0.3, 0.4) is 0 Å². The van der Waals surface area contributed by atoms with Crippen LogP contribution in [0.15, 0.2) is 36.4 Å². The number of carbonyl (C=O) groups is 1. The van der Waals surface area contributed by atoms with Crippen molar-refractivity contribution in [2.75, 3.05) is 0 Å². The summed E-state index contributed by atoms with van der Waals surface area (Å²) in [5, 5.41) is 13.0. The molecule has 0 amide bonds. The van der Waals surface area contributed by atoms with Crippen molar-refractivity contribution in [1.29, 1.82) is 0 Å². The van der Waals surface area contributed by atoms with Gasteiger partial charge in [0, 0.05) is 22.7 Å². The fourth-order valence-electron chi connectivity index (χ4n) is 2.48. The Morgan fingerprint density at radius 3 is 2.62 bits per heavy atom. The molecule has 140 valence electrons. The van der Waals surface area contributed by atoms with Crippen LogP contribution < -0.4 is 10.1 Å². The molecule has 0 fully saturated rings. The van der Waals surface area contributed by atoms with Gasteiger partial charge < -0.3 is 9.84 Å². The summed E-state index contributed by atoms with van der Waals surface area (Å²) >= 11 is 12.1. The second-order valence-corrected chi connectivity index (χ2v) is 7.03. The second-order valence-electron chi connectivity index (χ2n) is 6.18. The topological polar surface area (TPSA) is 58.6 Å². The minimum Gasteiger partial charge on any atom is -0.488 e. The van der Waals surface area contributed by atoms with Gasteiger partial charge in [-0.2, -0.15) is 0 Å². The maximum Gasteiger partial charge on any atom is 0.320 e. The molecule has 0 aliphatic heterocycles. The molecule has 0 bridgehead atoms. The number of nitrogens with one attached hydrogen (secondary N) is 1. The van der Waals surface area contributed by atoms with Gasteiger partial charge in [-0.3, -0.25) is 10.1 Å². The van der Waals surface area contributed by atoms with Crippen LogP contribution in [0, 0.1) is 11.7 Å². The first-order valence-corrected chi connectivity index (χ1v) is 8.85. The number of rotatable bonds is 8. The van der Waals surface area contributed by atoms with Gasteiger partial charge in [0.05, 0.1) is 5.02 Å². The van der Waals surface area contributed by atoms with Crippen molar-refractivity contribution in [3.63, 3.8) is 0 Å². The summed E-state index contributed by atoms with van der Waals surface area (Å²) in [5.41, 5.74) is 0.936. The van der Waals surface area contributed by atoms with Crippen molar-refractivity contribution in [3.8, 4) is 5.75 Å². The monoisotopic (exact) mass is 399 g/mol. The van der Waals surface area contributed by atoms with E-state index in [9.17, 15) is 14.3 Å². The minimum atomic E-state index is -0.928. The first kappa shape index (κ1) is 20.5. The Balaban J connectivity index is 2.15. The standard InChI is InChI=1S/C19H20Cl2FNO3/c1-11(2)18(19(24)25)23-9-12-8-13(20)6-7-17(12)26-10-14-15(21)4-3-5-16(14)22/h3-8,11,18,23H,9-10H2,1-2H3,(H,24,25). The summed E-state index contributed by atoms with van der Waals surface area (Å²) in [6, 6.07) is 8.73.